The molecule has 0 unspecified atom stereocenters. The van der Waals surface area contributed by atoms with Crippen LogP contribution in [0.25, 0.3) is 16.8 Å². The molecule has 1 atom stereocenters. The first-order valence-corrected chi connectivity index (χ1v) is 12.7. The van der Waals surface area contributed by atoms with Gasteiger partial charge in [0.1, 0.15) is 24.3 Å². The van der Waals surface area contributed by atoms with Crippen LogP contribution >= 0.6 is 12.4 Å². The number of nitriles is 1. The number of rotatable bonds is 13. The lowest BCUT2D eigenvalue weighted by molar-refractivity contribution is -0.146. The number of hydrogen-bond donors (Lipinski definition) is 2. The Morgan fingerprint density at radius 2 is 1.68 bits per heavy atom. The lowest BCUT2D eigenvalue weighted by Crippen LogP contribution is -2.29. The van der Waals surface area contributed by atoms with Gasteiger partial charge in [0.25, 0.3) is 5.91 Å². The lowest BCUT2D eigenvalue weighted by atomic mass is 10.0. The number of amides is 1. The number of nitrogens with two attached hydrogens (primary N) is 1. The summed E-state index contributed by atoms with van der Waals surface area (Å²) in [6.07, 6.45) is 5.36. The summed E-state index contributed by atoms with van der Waals surface area (Å²) in [7, 11) is 0. The van der Waals surface area contributed by atoms with E-state index in [1.54, 1.807) is 13.0 Å². The molecule has 3 rings (SSSR count). The van der Waals surface area contributed by atoms with Crippen molar-refractivity contribution in [2.45, 2.75) is 32.2 Å². The van der Waals surface area contributed by atoms with Gasteiger partial charge in [0.05, 0.1) is 26.4 Å². The largest absolute Gasteiger partial charge is 0.462 e. The first-order valence-electron chi connectivity index (χ1n) is 12.7. The van der Waals surface area contributed by atoms with Gasteiger partial charge in [-0.3, -0.25) is 9.59 Å². The third-order valence-electron chi connectivity index (χ3n) is 5.99. The van der Waals surface area contributed by atoms with Crippen LogP contribution in [-0.4, -0.2) is 70.6 Å². The van der Waals surface area contributed by atoms with Crippen LogP contribution in [-0.2, 0) is 23.8 Å². The van der Waals surface area contributed by atoms with E-state index in [9.17, 15) is 14.9 Å². The number of halogens is 1. The van der Waals surface area contributed by atoms with Crippen LogP contribution in [0, 0.1) is 11.3 Å². The normalized spacial score (nSPS) is 14.3. The standard InChI is InChI=1S/C28H36N4O5.ClH/c1-21(30)28(34)37-16-15-36-14-13-35-12-9-31-27(33)25(20-29)18-22-5-6-24-19-26(8-7-23(24)17-22)32-10-3-2-4-11-32;/h5-8,17-19,21H,2-4,9-16,30H2,1H3,(H,31,33);1H/b25-18+;/t21-;/m0./s1. The molecule has 0 saturated carbocycles. The molecule has 0 bridgehead atoms. The van der Waals surface area contributed by atoms with E-state index >= 15 is 0 Å². The average molecular weight is 545 g/mol. The number of carbonyl (C=O) groups is 2. The summed E-state index contributed by atoms with van der Waals surface area (Å²) in [6, 6.07) is 13.7. The second kappa shape index (κ2) is 16.6. The highest BCUT2D eigenvalue weighted by molar-refractivity contribution is 6.02. The van der Waals surface area contributed by atoms with Crippen LogP contribution in [0.2, 0.25) is 0 Å². The fourth-order valence-corrected chi connectivity index (χ4v) is 3.99. The molecular formula is C28H37ClN4O5. The summed E-state index contributed by atoms with van der Waals surface area (Å²) in [4.78, 5) is 26.1. The van der Waals surface area contributed by atoms with Gasteiger partial charge in [-0.2, -0.15) is 5.26 Å². The van der Waals surface area contributed by atoms with Crippen molar-refractivity contribution in [3.05, 3.63) is 47.5 Å². The van der Waals surface area contributed by atoms with Crippen LogP contribution in [0.1, 0.15) is 31.7 Å². The van der Waals surface area contributed by atoms with Gasteiger partial charge in [-0.25, -0.2) is 0 Å². The number of anilines is 1. The highest BCUT2D eigenvalue weighted by Crippen LogP contribution is 2.26. The summed E-state index contributed by atoms with van der Waals surface area (Å²) in [5, 5.41) is 14.4. The molecule has 206 valence electrons. The second-order valence-electron chi connectivity index (χ2n) is 8.95. The Balaban J connectivity index is 0.00000507. The molecule has 2 aromatic rings. The molecule has 1 aliphatic heterocycles. The van der Waals surface area contributed by atoms with Crippen molar-refractivity contribution in [3.8, 4) is 6.07 Å². The zero-order valence-corrected chi connectivity index (χ0v) is 22.6. The lowest BCUT2D eigenvalue weighted by Gasteiger charge is -2.29. The van der Waals surface area contributed by atoms with Gasteiger partial charge < -0.3 is 30.2 Å². The molecule has 1 aliphatic rings. The van der Waals surface area contributed by atoms with Gasteiger partial charge in [0.15, 0.2) is 0 Å². The maximum Gasteiger partial charge on any atom is 0.322 e. The zero-order valence-electron chi connectivity index (χ0n) is 21.8. The Kier molecular flexibility index (Phi) is 13.6. The molecule has 9 nitrogen and oxygen atoms in total. The topological polar surface area (TPSA) is 127 Å². The maximum atomic E-state index is 12.4. The third kappa shape index (κ3) is 9.95. The number of hydrogen-bond acceptors (Lipinski definition) is 8. The third-order valence-corrected chi connectivity index (χ3v) is 5.99. The van der Waals surface area contributed by atoms with Crippen molar-refractivity contribution in [2.75, 3.05) is 57.6 Å². The predicted octanol–water partition coefficient (Wildman–Crippen LogP) is 3.20. The SMILES string of the molecule is C[C@H](N)C(=O)OCCOCCOCCNC(=O)/C(C#N)=C/c1ccc2cc(N3CCCCC3)ccc2c1.Cl. The second-order valence-corrected chi connectivity index (χ2v) is 8.95. The Labute approximate surface area is 230 Å². The monoisotopic (exact) mass is 544 g/mol. The van der Waals surface area contributed by atoms with E-state index in [0.717, 1.165) is 29.4 Å². The molecule has 1 fully saturated rings. The summed E-state index contributed by atoms with van der Waals surface area (Å²) in [6.45, 7) is 5.34. The molecule has 1 amide bonds. The van der Waals surface area contributed by atoms with E-state index in [-0.39, 0.29) is 44.3 Å². The van der Waals surface area contributed by atoms with Crippen molar-refractivity contribution in [2.24, 2.45) is 5.73 Å². The molecule has 0 spiro atoms. The number of piperidine rings is 1. The van der Waals surface area contributed by atoms with Crippen molar-refractivity contribution < 1.29 is 23.8 Å². The van der Waals surface area contributed by atoms with Crippen molar-refractivity contribution in [1.82, 2.24) is 5.32 Å². The molecule has 0 radical (unpaired) electrons. The number of fused-ring (bicyclic) bond motifs is 1. The number of nitrogens with one attached hydrogen (secondary N) is 1. The molecule has 1 saturated heterocycles. The predicted molar refractivity (Wildman–Crippen MR) is 150 cm³/mol. The van der Waals surface area contributed by atoms with E-state index in [4.69, 9.17) is 19.9 Å². The van der Waals surface area contributed by atoms with Crippen LogP contribution < -0.4 is 16.0 Å². The van der Waals surface area contributed by atoms with E-state index < -0.39 is 17.9 Å². The van der Waals surface area contributed by atoms with Gasteiger partial charge in [-0.05, 0) is 66.8 Å². The van der Waals surface area contributed by atoms with Crippen LogP contribution in [0.4, 0.5) is 5.69 Å². The summed E-state index contributed by atoms with van der Waals surface area (Å²) < 4.78 is 15.6. The van der Waals surface area contributed by atoms with Gasteiger partial charge in [0, 0.05) is 25.3 Å². The minimum absolute atomic E-state index is 0. The zero-order chi connectivity index (χ0) is 26.5. The first-order chi connectivity index (χ1) is 18.0. The number of esters is 1. The van der Waals surface area contributed by atoms with Gasteiger partial charge >= 0.3 is 5.97 Å². The number of carbonyl (C=O) groups excluding carboxylic acids is 2. The first kappa shape index (κ1) is 31.1. The number of benzene rings is 2. The molecule has 0 aliphatic carbocycles. The van der Waals surface area contributed by atoms with Gasteiger partial charge in [-0.15, -0.1) is 12.4 Å². The average Bonchev–Trinajstić information content (AvgIpc) is 2.92. The summed E-state index contributed by atoms with van der Waals surface area (Å²) >= 11 is 0. The Bertz CT molecular complexity index is 1130. The fraction of sp³-hybridized carbons (Fsp3) is 0.464. The van der Waals surface area contributed by atoms with Crippen LogP contribution in [0.5, 0.6) is 0 Å². The van der Waals surface area contributed by atoms with Gasteiger partial charge in [-0.1, -0.05) is 18.2 Å². The fourth-order valence-electron chi connectivity index (χ4n) is 3.99. The smallest absolute Gasteiger partial charge is 0.322 e. The Morgan fingerprint density at radius 3 is 2.39 bits per heavy atom. The van der Waals surface area contributed by atoms with E-state index in [1.807, 2.05) is 24.3 Å². The molecular weight excluding hydrogens is 508 g/mol. The highest BCUT2D eigenvalue weighted by Gasteiger charge is 2.12. The molecule has 10 heteroatoms. The minimum Gasteiger partial charge on any atom is -0.462 e. The van der Waals surface area contributed by atoms with Crippen molar-refractivity contribution in [3.63, 3.8) is 0 Å². The summed E-state index contributed by atoms with van der Waals surface area (Å²) in [5.41, 5.74) is 7.46. The van der Waals surface area contributed by atoms with Crippen LogP contribution in [0.15, 0.2) is 42.0 Å². The number of ether oxygens (including phenoxy) is 3. The quantitative estimate of drug-likeness (QED) is 0.170. The molecule has 1 heterocycles. The summed E-state index contributed by atoms with van der Waals surface area (Å²) in [5.74, 6) is -0.914. The van der Waals surface area contributed by atoms with Crippen molar-refractivity contribution in [1.29, 1.82) is 5.26 Å². The molecule has 38 heavy (non-hydrogen) atoms. The minimum atomic E-state index is -0.653. The molecule has 2 aromatic carbocycles. The number of nitrogens with zero attached hydrogens (tertiary/aromatic N) is 2. The highest BCUT2D eigenvalue weighted by atomic mass is 35.5. The molecule has 3 N–H and O–H groups in total. The Morgan fingerprint density at radius 1 is 1.03 bits per heavy atom. The Hall–Kier alpha value is -3.16. The van der Waals surface area contributed by atoms with Gasteiger partial charge in [0.2, 0.25) is 0 Å². The van der Waals surface area contributed by atoms with Crippen LogP contribution in [0.3, 0.4) is 0 Å². The van der Waals surface area contributed by atoms with E-state index in [0.29, 0.717) is 13.2 Å². The van der Waals surface area contributed by atoms with Crippen molar-refractivity contribution >= 4 is 46.8 Å². The van der Waals surface area contributed by atoms with E-state index in [2.05, 4.69) is 28.4 Å². The molecule has 0 aromatic heterocycles. The van der Waals surface area contributed by atoms with E-state index in [1.165, 1.54) is 24.9 Å². The maximum absolute atomic E-state index is 12.4.